The van der Waals surface area contributed by atoms with Gasteiger partial charge in [0, 0.05) is 0 Å². The number of ether oxygens (including phenoxy) is 1. The molecule has 0 aromatic heterocycles. The molecule has 0 amide bonds. The molecule has 2 bridgehead atoms. The van der Waals surface area contributed by atoms with Crippen molar-refractivity contribution >= 4 is 29.2 Å². The smallest absolute Gasteiger partial charge is 0.427 e. The summed E-state index contributed by atoms with van der Waals surface area (Å²) in [7, 11) is 0. The lowest BCUT2D eigenvalue weighted by molar-refractivity contribution is -0.0312. The molecule has 0 heterocycles. The summed E-state index contributed by atoms with van der Waals surface area (Å²) in [5.74, 6) is 1.34. The lowest BCUT2D eigenvalue weighted by atomic mass is 9.86. The largest absolute Gasteiger partial charge is 0.518 e. The van der Waals surface area contributed by atoms with Crippen LogP contribution in [0.3, 0.4) is 0 Å². The van der Waals surface area contributed by atoms with Gasteiger partial charge in [0.2, 0.25) is 0 Å². The van der Waals surface area contributed by atoms with E-state index in [4.69, 9.17) is 4.74 Å². The number of hydrogen-bond acceptors (Lipinski definition) is 3. The van der Waals surface area contributed by atoms with Crippen LogP contribution < -0.4 is 0 Å². The third-order valence-corrected chi connectivity index (χ3v) is 3.84. The summed E-state index contributed by atoms with van der Waals surface area (Å²) in [6.45, 7) is 2.03. The van der Waals surface area contributed by atoms with Crippen molar-refractivity contribution in [3.05, 3.63) is 0 Å². The maximum atomic E-state index is 11.0. The van der Waals surface area contributed by atoms with Crippen molar-refractivity contribution in [1.29, 1.82) is 0 Å². The standard InChI is InChI=1S/C9H13IO3/c1-9(12-8(11)13-10)5-6-2-3-7(9)4-6/h6-7H,2-5H2,1H3. The SMILES string of the molecule is CC1(OC(=O)OI)CC2CCC1C2. The van der Waals surface area contributed by atoms with Gasteiger partial charge < -0.3 is 7.80 Å². The molecule has 2 aliphatic rings. The monoisotopic (exact) mass is 296 g/mol. The summed E-state index contributed by atoms with van der Waals surface area (Å²) in [6.07, 6.45) is 4.21. The highest BCUT2D eigenvalue weighted by Gasteiger charge is 2.50. The molecule has 0 aliphatic heterocycles. The van der Waals surface area contributed by atoms with E-state index in [1.165, 1.54) is 19.3 Å². The minimum Gasteiger partial charge on any atom is -0.427 e. The summed E-state index contributed by atoms with van der Waals surface area (Å²) in [5.41, 5.74) is -0.245. The van der Waals surface area contributed by atoms with Crippen LogP contribution in [0.5, 0.6) is 0 Å². The average Bonchev–Trinajstić information content (AvgIpc) is 2.62. The van der Waals surface area contributed by atoms with Gasteiger partial charge >= 0.3 is 6.16 Å². The highest BCUT2D eigenvalue weighted by molar-refractivity contribution is 14.1. The van der Waals surface area contributed by atoms with Gasteiger partial charge in [-0.05, 0) is 44.4 Å². The van der Waals surface area contributed by atoms with Crippen molar-refractivity contribution < 1.29 is 12.6 Å². The van der Waals surface area contributed by atoms with Crippen molar-refractivity contribution in [2.24, 2.45) is 11.8 Å². The Balaban J connectivity index is 2.01. The summed E-state index contributed by atoms with van der Waals surface area (Å²) in [6, 6.07) is 0. The van der Waals surface area contributed by atoms with E-state index in [1.54, 1.807) is 23.0 Å². The first-order valence-corrected chi connectivity index (χ1v) is 5.54. The van der Waals surface area contributed by atoms with Gasteiger partial charge in [-0.2, -0.15) is 0 Å². The Morgan fingerprint density at radius 3 is 2.77 bits per heavy atom. The van der Waals surface area contributed by atoms with Crippen molar-refractivity contribution in [3.8, 4) is 0 Å². The van der Waals surface area contributed by atoms with Crippen molar-refractivity contribution in [1.82, 2.24) is 0 Å². The van der Waals surface area contributed by atoms with Crippen LogP contribution in [0.15, 0.2) is 0 Å². The quantitative estimate of drug-likeness (QED) is 0.551. The normalized spacial score (nSPS) is 42.0. The molecule has 2 saturated carbocycles. The first-order chi connectivity index (χ1) is 6.14. The van der Waals surface area contributed by atoms with Gasteiger partial charge in [0.15, 0.2) is 23.0 Å². The Hall–Kier alpha value is 0. The van der Waals surface area contributed by atoms with E-state index in [0.29, 0.717) is 5.92 Å². The molecular formula is C9H13IO3. The van der Waals surface area contributed by atoms with E-state index < -0.39 is 6.16 Å². The lowest BCUT2D eigenvalue weighted by Crippen LogP contribution is -2.36. The van der Waals surface area contributed by atoms with Gasteiger partial charge in [-0.25, -0.2) is 4.79 Å². The van der Waals surface area contributed by atoms with Gasteiger partial charge in [-0.3, -0.25) is 0 Å². The number of hydrogen-bond donors (Lipinski definition) is 0. The third kappa shape index (κ3) is 1.65. The molecule has 2 rings (SSSR count). The number of rotatable bonds is 1. The van der Waals surface area contributed by atoms with E-state index in [9.17, 15) is 4.79 Å². The molecule has 0 aromatic rings. The second-order valence-corrected chi connectivity index (χ2v) is 4.76. The summed E-state index contributed by atoms with van der Waals surface area (Å²) < 4.78 is 9.81. The van der Waals surface area contributed by atoms with E-state index in [1.807, 2.05) is 6.92 Å². The molecular weight excluding hydrogens is 283 g/mol. The van der Waals surface area contributed by atoms with Gasteiger partial charge in [-0.15, -0.1) is 0 Å². The van der Waals surface area contributed by atoms with Crippen LogP contribution in [-0.4, -0.2) is 11.8 Å². The fourth-order valence-corrected chi connectivity index (χ4v) is 2.98. The Kier molecular flexibility index (Phi) is 2.42. The molecule has 3 atom stereocenters. The average molecular weight is 296 g/mol. The topological polar surface area (TPSA) is 35.5 Å². The van der Waals surface area contributed by atoms with Crippen LogP contribution in [0.1, 0.15) is 32.6 Å². The van der Waals surface area contributed by atoms with Gasteiger partial charge in [0.05, 0.1) is 0 Å². The molecule has 2 fully saturated rings. The molecule has 0 spiro atoms. The van der Waals surface area contributed by atoms with E-state index >= 15 is 0 Å². The Labute approximate surface area is 91.8 Å². The predicted molar refractivity (Wildman–Crippen MR) is 55.4 cm³/mol. The second-order valence-electron chi connectivity index (χ2n) is 4.32. The van der Waals surface area contributed by atoms with Crippen molar-refractivity contribution in [2.45, 2.75) is 38.2 Å². The van der Waals surface area contributed by atoms with Crippen LogP contribution in [0.25, 0.3) is 0 Å². The summed E-state index contributed by atoms with van der Waals surface area (Å²) in [5, 5.41) is 0. The zero-order valence-electron chi connectivity index (χ0n) is 7.59. The molecule has 3 nitrogen and oxygen atoms in total. The maximum Gasteiger partial charge on any atom is 0.518 e. The van der Waals surface area contributed by atoms with Gasteiger partial charge in [0.1, 0.15) is 5.60 Å². The third-order valence-electron chi connectivity index (χ3n) is 3.48. The summed E-state index contributed by atoms with van der Waals surface area (Å²) in [4.78, 5) is 11.0. The number of carbonyl (C=O) groups is 1. The fourth-order valence-electron chi connectivity index (χ4n) is 2.89. The molecule has 0 aromatic carbocycles. The minimum atomic E-state index is -0.546. The van der Waals surface area contributed by atoms with E-state index in [-0.39, 0.29) is 5.60 Å². The van der Waals surface area contributed by atoms with Crippen molar-refractivity contribution in [3.63, 3.8) is 0 Å². The highest BCUT2D eigenvalue weighted by Crippen LogP contribution is 2.52. The zero-order valence-corrected chi connectivity index (χ0v) is 9.74. The maximum absolute atomic E-state index is 11.0. The zero-order chi connectivity index (χ0) is 9.47. The van der Waals surface area contributed by atoms with Gasteiger partial charge in [0.25, 0.3) is 0 Å². The van der Waals surface area contributed by atoms with Crippen LogP contribution in [0, 0.1) is 11.8 Å². The predicted octanol–water partition coefficient (Wildman–Crippen LogP) is 3.07. The molecule has 0 radical (unpaired) electrons. The van der Waals surface area contributed by atoms with Crippen LogP contribution in [-0.2, 0) is 7.80 Å². The Morgan fingerprint density at radius 2 is 2.31 bits per heavy atom. The van der Waals surface area contributed by atoms with E-state index in [2.05, 4.69) is 3.07 Å². The molecule has 4 heteroatoms. The molecule has 0 N–H and O–H groups in total. The Bertz CT molecular complexity index is 231. The molecule has 74 valence electrons. The van der Waals surface area contributed by atoms with E-state index in [0.717, 1.165) is 12.3 Å². The van der Waals surface area contributed by atoms with Crippen LogP contribution in [0.2, 0.25) is 0 Å². The first kappa shape index (κ1) is 9.55. The molecule has 13 heavy (non-hydrogen) atoms. The lowest BCUT2D eigenvalue weighted by Gasteiger charge is -2.32. The van der Waals surface area contributed by atoms with Crippen LogP contribution in [0.4, 0.5) is 4.79 Å². The van der Waals surface area contributed by atoms with Crippen molar-refractivity contribution in [2.75, 3.05) is 0 Å². The highest BCUT2D eigenvalue weighted by atomic mass is 127. The molecule has 3 unspecified atom stereocenters. The molecule has 0 saturated heterocycles. The minimum absolute atomic E-state index is 0.245. The van der Waals surface area contributed by atoms with Gasteiger partial charge in [-0.1, -0.05) is 0 Å². The van der Waals surface area contributed by atoms with Crippen LogP contribution >= 0.6 is 23.0 Å². The fraction of sp³-hybridized carbons (Fsp3) is 0.889. The number of carbonyl (C=O) groups excluding carboxylic acids is 1. The number of halogens is 1. The Morgan fingerprint density at radius 1 is 1.54 bits per heavy atom. The number of fused-ring (bicyclic) bond motifs is 2. The summed E-state index contributed by atoms with van der Waals surface area (Å²) >= 11 is 1.56. The second kappa shape index (κ2) is 3.29. The first-order valence-electron chi connectivity index (χ1n) is 4.65. The molecule has 2 aliphatic carbocycles.